The summed E-state index contributed by atoms with van der Waals surface area (Å²) < 4.78 is 0. The first-order chi connectivity index (χ1) is 24.6. The summed E-state index contributed by atoms with van der Waals surface area (Å²) in [6, 6.07) is 68.6. The highest BCUT2D eigenvalue weighted by Gasteiger charge is 2.37. The topological polar surface area (TPSA) is 3.24 Å². The number of anilines is 3. The molecular weight excluding hydrogens is 603 g/mol. The van der Waals surface area contributed by atoms with E-state index < -0.39 is 0 Å². The molecule has 1 aliphatic rings. The zero-order chi connectivity index (χ0) is 33.7. The fourth-order valence-electron chi connectivity index (χ4n) is 7.89. The highest BCUT2D eigenvalue weighted by atomic mass is 15.1. The number of benzene rings is 8. The van der Waals surface area contributed by atoms with E-state index in [1.807, 2.05) is 0 Å². The maximum Gasteiger partial charge on any atom is 0.0543 e. The summed E-state index contributed by atoms with van der Waals surface area (Å²) in [6.07, 6.45) is 0. The summed E-state index contributed by atoms with van der Waals surface area (Å²) in [4.78, 5) is 2.47. The van der Waals surface area contributed by atoms with Crippen molar-refractivity contribution in [3.8, 4) is 44.5 Å². The van der Waals surface area contributed by atoms with E-state index in [4.69, 9.17) is 0 Å². The number of rotatable bonds is 6. The van der Waals surface area contributed by atoms with Crippen LogP contribution in [0.25, 0.3) is 55.3 Å². The Morgan fingerprint density at radius 3 is 1.70 bits per heavy atom. The number of para-hydroxylation sites is 1. The third-order valence-electron chi connectivity index (χ3n) is 10.5. The van der Waals surface area contributed by atoms with E-state index in [0.29, 0.717) is 0 Å². The molecule has 1 heteroatoms. The lowest BCUT2D eigenvalue weighted by Gasteiger charge is -2.30. The summed E-state index contributed by atoms with van der Waals surface area (Å²) in [5, 5.41) is 2.51. The Balaban J connectivity index is 1.22. The third kappa shape index (κ3) is 5.02. The molecule has 0 atom stereocenters. The quantitative estimate of drug-likeness (QED) is 0.175. The van der Waals surface area contributed by atoms with Gasteiger partial charge >= 0.3 is 0 Å². The summed E-state index contributed by atoms with van der Waals surface area (Å²) >= 11 is 0. The summed E-state index contributed by atoms with van der Waals surface area (Å²) in [6.45, 7) is 4.71. The lowest BCUT2D eigenvalue weighted by Crippen LogP contribution is -2.16. The van der Waals surface area contributed by atoms with Crippen molar-refractivity contribution in [3.05, 3.63) is 199 Å². The molecule has 0 saturated heterocycles. The van der Waals surface area contributed by atoms with Crippen LogP contribution in [0.3, 0.4) is 0 Å². The summed E-state index contributed by atoms with van der Waals surface area (Å²) in [5.74, 6) is 0. The number of nitrogens with zero attached hydrogens (tertiary/aromatic N) is 1. The van der Waals surface area contributed by atoms with E-state index in [-0.39, 0.29) is 5.41 Å². The van der Waals surface area contributed by atoms with Gasteiger partial charge < -0.3 is 4.90 Å². The number of hydrogen-bond acceptors (Lipinski definition) is 1. The molecular formula is C49H37N. The van der Waals surface area contributed by atoms with E-state index in [0.717, 1.165) is 11.4 Å². The molecule has 0 bridgehead atoms. The van der Waals surface area contributed by atoms with Gasteiger partial charge in [-0.25, -0.2) is 0 Å². The predicted molar refractivity (Wildman–Crippen MR) is 213 cm³/mol. The van der Waals surface area contributed by atoms with Crippen LogP contribution < -0.4 is 4.90 Å². The summed E-state index contributed by atoms with van der Waals surface area (Å²) in [7, 11) is 0. The van der Waals surface area contributed by atoms with Crippen molar-refractivity contribution in [1.82, 2.24) is 0 Å². The Bertz CT molecular complexity index is 2490. The molecule has 0 aliphatic heterocycles. The van der Waals surface area contributed by atoms with E-state index in [1.165, 1.54) is 72.1 Å². The molecule has 0 spiro atoms. The predicted octanol–water partition coefficient (Wildman–Crippen LogP) is 13.6. The number of hydrogen-bond donors (Lipinski definition) is 0. The molecule has 8 aromatic carbocycles. The fraction of sp³-hybridized carbons (Fsp3) is 0.0612. The van der Waals surface area contributed by atoms with Gasteiger partial charge in [0.1, 0.15) is 0 Å². The van der Waals surface area contributed by atoms with Gasteiger partial charge in [0.05, 0.1) is 11.4 Å². The highest BCUT2D eigenvalue weighted by molar-refractivity contribution is 5.98. The maximum atomic E-state index is 2.47. The summed E-state index contributed by atoms with van der Waals surface area (Å²) in [5.41, 5.74) is 15.9. The zero-order valence-corrected chi connectivity index (χ0v) is 28.3. The van der Waals surface area contributed by atoms with E-state index in [1.54, 1.807) is 0 Å². The molecule has 0 saturated carbocycles. The van der Waals surface area contributed by atoms with E-state index in [2.05, 4.69) is 207 Å². The molecule has 8 aromatic rings. The molecule has 0 heterocycles. The Morgan fingerprint density at radius 2 is 0.900 bits per heavy atom. The van der Waals surface area contributed by atoms with Crippen LogP contribution in [-0.4, -0.2) is 0 Å². The largest absolute Gasteiger partial charge is 0.309 e. The first-order valence-corrected chi connectivity index (χ1v) is 17.4. The van der Waals surface area contributed by atoms with Crippen LogP contribution in [0.4, 0.5) is 17.1 Å². The van der Waals surface area contributed by atoms with Crippen LogP contribution >= 0.6 is 0 Å². The van der Waals surface area contributed by atoms with E-state index >= 15 is 0 Å². The molecule has 0 unspecified atom stereocenters. The SMILES string of the molecule is CC1(C)c2ccccc2-c2c(N(c3ccc(-c4ccc5ccccc5c4)cc3)c3ccccc3-c3ccc(-c4ccccc4)cc3)cccc21. The fourth-order valence-corrected chi connectivity index (χ4v) is 7.89. The van der Waals surface area contributed by atoms with Crippen molar-refractivity contribution >= 4 is 27.8 Å². The van der Waals surface area contributed by atoms with Gasteiger partial charge in [0.2, 0.25) is 0 Å². The molecule has 50 heavy (non-hydrogen) atoms. The standard InChI is InChI=1S/C49H37N/c1-49(2)44-19-10-8-18-43(44)48-45(49)20-12-22-47(48)50(41-31-29-37(30-32-41)40-28-25-35-15-6-7-16-39(35)33-40)46-21-11-9-17-42(46)38-26-23-36(24-27-38)34-13-4-3-5-14-34/h3-33H,1-2H3. The van der Waals surface area contributed by atoms with Gasteiger partial charge in [-0.3, -0.25) is 0 Å². The first kappa shape index (κ1) is 29.9. The van der Waals surface area contributed by atoms with Crippen LogP contribution in [0.15, 0.2) is 188 Å². The second-order valence-corrected chi connectivity index (χ2v) is 13.8. The van der Waals surface area contributed by atoms with Crippen molar-refractivity contribution in [2.45, 2.75) is 19.3 Å². The van der Waals surface area contributed by atoms with Crippen molar-refractivity contribution in [2.75, 3.05) is 4.90 Å². The Morgan fingerprint density at radius 1 is 0.360 bits per heavy atom. The Labute approximate surface area is 294 Å². The second-order valence-electron chi connectivity index (χ2n) is 13.8. The molecule has 238 valence electrons. The molecule has 0 N–H and O–H groups in total. The van der Waals surface area contributed by atoms with Gasteiger partial charge in [-0.1, -0.05) is 172 Å². The molecule has 0 fully saturated rings. The lowest BCUT2D eigenvalue weighted by atomic mass is 9.82. The van der Waals surface area contributed by atoms with Crippen molar-refractivity contribution in [3.63, 3.8) is 0 Å². The van der Waals surface area contributed by atoms with Gasteiger partial charge in [-0.2, -0.15) is 0 Å². The molecule has 9 rings (SSSR count). The average molecular weight is 640 g/mol. The van der Waals surface area contributed by atoms with Gasteiger partial charge in [0.15, 0.2) is 0 Å². The Hall–Kier alpha value is -6.18. The normalized spacial score (nSPS) is 12.8. The zero-order valence-electron chi connectivity index (χ0n) is 28.3. The minimum Gasteiger partial charge on any atom is -0.309 e. The Kier molecular flexibility index (Phi) is 7.21. The van der Waals surface area contributed by atoms with Crippen molar-refractivity contribution in [1.29, 1.82) is 0 Å². The molecule has 1 nitrogen and oxygen atoms in total. The monoisotopic (exact) mass is 639 g/mol. The van der Waals surface area contributed by atoms with Crippen molar-refractivity contribution < 1.29 is 0 Å². The number of fused-ring (bicyclic) bond motifs is 4. The van der Waals surface area contributed by atoms with Gasteiger partial charge in [0.25, 0.3) is 0 Å². The highest BCUT2D eigenvalue weighted by Crippen LogP contribution is 2.54. The minimum absolute atomic E-state index is 0.0969. The van der Waals surface area contributed by atoms with Gasteiger partial charge in [-0.15, -0.1) is 0 Å². The maximum absolute atomic E-state index is 2.47. The van der Waals surface area contributed by atoms with Crippen LogP contribution in [0.5, 0.6) is 0 Å². The van der Waals surface area contributed by atoms with Crippen LogP contribution in [0.1, 0.15) is 25.0 Å². The van der Waals surface area contributed by atoms with Gasteiger partial charge in [-0.05, 0) is 85.6 Å². The molecule has 0 radical (unpaired) electrons. The van der Waals surface area contributed by atoms with Crippen LogP contribution in [0.2, 0.25) is 0 Å². The van der Waals surface area contributed by atoms with Gasteiger partial charge in [0, 0.05) is 22.2 Å². The third-order valence-corrected chi connectivity index (χ3v) is 10.5. The molecule has 0 aromatic heterocycles. The van der Waals surface area contributed by atoms with Crippen molar-refractivity contribution in [2.24, 2.45) is 0 Å². The first-order valence-electron chi connectivity index (χ1n) is 17.4. The molecule has 0 amide bonds. The van der Waals surface area contributed by atoms with E-state index in [9.17, 15) is 0 Å². The van der Waals surface area contributed by atoms with Crippen LogP contribution in [0, 0.1) is 0 Å². The average Bonchev–Trinajstić information content (AvgIpc) is 3.42. The minimum atomic E-state index is -0.0969. The lowest BCUT2D eigenvalue weighted by molar-refractivity contribution is 0.660. The smallest absolute Gasteiger partial charge is 0.0543 e. The van der Waals surface area contributed by atoms with Crippen LogP contribution in [-0.2, 0) is 5.41 Å². The molecule has 1 aliphatic carbocycles. The second kappa shape index (κ2) is 12.1.